The first-order valence-corrected chi connectivity index (χ1v) is 6.85. The van der Waals surface area contributed by atoms with Gasteiger partial charge in [-0.1, -0.05) is 24.3 Å². The van der Waals surface area contributed by atoms with Gasteiger partial charge in [0, 0.05) is 5.56 Å². The minimum Gasteiger partial charge on any atom is -0.293 e. The molecule has 1 unspecified atom stereocenters. The number of ketones is 1. The van der Waals surface area contributed by atoms with Gasteiger partial charge in [-0.15, -0.1) is 0 Å². The number of allylic oxidation sites excluding steroid dienone is 3. The predicted octanol–water partition coefficient (Wildman–Crippen LogP) is 2.00. The molecular formula is C16H6N4O5. The first-order valence-electron chi connectivity index (χ1n) is 6.85. The lowest BCUT2D eigenvalue weighted by molar-refractivity contribution is -0.471. The van der Waals surface area contributed by atoms with Crippen LogP contribution in [0.3, 0.4) is 0 Å². The van der Waals surface area contributed by atoms with Crippen molar-refractivity contribution in [2.75, 3.05) is 0 Å². The number of benzene rings is 1. The topological polar surface area (TPSA) is 151 Å². The van der Waals surface area contributed by atoms with Gasteiger partial charge in [-0.05, 0) is 17.2 Å². The van der Waals surface area contributed by atoms with Crippen LogP contribution < -0.4 is 0 Å². The zero-order valence-corrected chi connectivity index (χ0v) is 12.3. The second kappa shape index (κ2) is 5.51. The molecule has 0 spiro atoms. The fourth-order valence-corrected chi connectivity index (χ4v) is 3.05. The number of carbonyl (C=O) groups is 1. The van der Waals surface area contributed by atoms with Crippen molar-refractivity contribution in [3.63, 3.8) is 0 Å². The third kappa shape index (κ3) is 2.11. The van der Waals surface area contributed by atoms with Gasteiger partial charge in [0.2, 0.25) is 0 Å². The van der Waals surface area contributed by atoms with Crippen molar-refractivity contribution >= 4 is 11.4 Å². The van der Waals surface area contributed by atoms with Gasteiger partial charge in [0.15, 0.2) is 5.78 Å². The van der Waals surface area contributed by atoms with Crippen LogP contribution in [-0.4, -0.2) is 15.6 Å². The van der Waals surface area contributed by atoms with Crippen LogP contribution in [-0.2, 0) is 0 Å². The summed E-state index contributed by atoms with van der Waals surface area (Å²) in [7, 11) is 0. The molecule has 0 aliphatic heterocycles. The number of hydrogen-bond donors (Lipinski definition) is 0. The Balaban J connectivity index is 2.46. The Morgan fingerprint density at radius 2 is 1.64 bits per heavy atom. The molecule has 0 aromatic heterocycles. The molecule has 0 fully saturated rings. The number of nitriles is 2. The van der Waals surface area contributed by atoms with Crippen molar-refractivity contribution in [1.29, 1.82) is 10.5 Å². The van der Waals surface area contributed by atoms with Crippen LogP contribution in [0.25, 0.3) is 5.57 Å². The maximum absolute atomic E-state index is 12.6. The standard InChI is InChI=1S/C16H6N4O5/c17-6-8(7-18)11-5-12-9-3-1-2-4-10(9)16(21)13(12)15(20(24)25)14(11)19(22)23/h1-5,13H. The minimum atomic E-state index is -1.44. The second-order valence-electron chi connectivity index (χ2n) is 5.20. The van der Waals surface area contributed by atoms with E-state index < -0.39 is 44.1 Å². The highest BCUT2D eigenvalue weighted by Crippen LogP contribution is 2.47. The molecule has 9 heteroatoms. The number of rotatable bonds is 2. The van der Waals surface area contributed by atoms with Gasteiger partial charge in [0.25, 0.3) is 0 Å². The van der Waals surface area contributed by atoms with Crippen LogP contribution in [0, 0.1) is 48.8 Å². The molecule has 0 N–H and O–H groups in total. The van der Waals surface area contributed by atoms with E-state index in [1.807, 2.05) is 0 Å². The monoisotopic (exact) mass is 334 g/mol. The van der Waals surface area contributed by atoms with Crippen molar-refractivity contribution in [3.8, 4) is 12.1 Å². The average Bonchev–Trinajstić information content (AvgIpc) is 2.87. The summed E-state index contributed by atoms with van der Waals surface area (Å²) in [4.78, 5) is 33.5. The molecule has 9 nitrogen and oxygen atoms in total. The lowest BCUT2D eigenvalue weighted by Crippen LogP contribution is -2.25. The van der Waals surface area contributed by atoms with E-state index in [4.69, 9.17) is 10.5 Å². The zero-order valence-electron chi connectivity index (χ0n) is 12.3. The Bertz CT molecular complexity index is 1030. The number of carbonyl (C=O) groups excluding carboxylic acids is 1. The maximum Gasteiger partial charge on any atom is 0.351 e. The van der Waals surface area contributed by atoms with E-state index in [0.717, 1.165) is 6.08 Å². The minimum absolute atomic E-state index is 0.177. The summed E-state index contributed by atoms with van der Waals surface area (Å²) in [6.45, 7) is 0. The van der Waals surface area contributed by atoms with E-state index in [2.05, 4.69) is 0 Å². The Labute approximate surface area is 139 Å². The Morgan fingerprint density at radius 3 is 2.16 bits per heavy atom. The van der Waals surface area contributed by atoms with Crippen molar-refractivity contribution in [1.82, 2.24) is 0 Å². The van der Waals surface area contributed by atoms with Gasteiger partial charge < -0.3 is 0 Å². The van der Waals surface area contributed by atoms with Crippen LogP contribution in [0.1, 0.15) is 15.9 Å². The fourth-order valence-electron chi connectivity index (χ4n) is 3.05. The average molecular weight is 334 g/mol. The summed E-state index contributed by atoms with van der Waals surface area (Å²) in [5, 5.41) is 41.1. The first-order chi connectivity index (χ1) is 11.9. The molecular weight excluding hydrogens is 328 g/mol. The van der Waals surface area contributed by atoms with Gasteiger partial charge in [0.1, 0.15) is 23.6 Å². The molecule has 1 atom stereocenters. The van der Waals surface area contributed by atoms with Gasteiger partial charge in [-0.3, -0.25) is 25.0 Å². The van der Waals surface area contributed by atoms with Crippen LogP contribution in [0.2, 0.25) is 0 Å². The number of nitrogens with zero attached hydrogens (tertiary/aromatic N) is 4. The van der Waals surface area contributed by atoms with Crippen LogP contribution >= 0.6 is 0 Å². The SMILES string of the molecule is N#CC(C#N)=C1C=C2c3ccccc3C(=O)C2C([N+](=O)[O-])=C1[N+](=O)[O-]. The van der Waals surface area contributed by atoms with Crippen molar-refractivity contribution < 1.29 is 14.6 Å². The van der Waals surface area contributed by atoms with E-state index in [0.29, 0.717) is 5.56 Å². The third-order valence-corrected chi connectivity index (χ3v) is 4.02. The first kappa shape index (κ1) is 15.8. The summed E-state index contributed by atoms with van der Waals surface area (Å²) in [6, 6.07) is 9.24. The highest BCUT2D eigenvalue weighted by molar-refractivity contribution is 6.16. The second-order valence-corrected chi connectivity index (χ2v) is 5.20. The van der Waals surface area contributed by atoms with Crippen LogP contribution in [0.5, 0.6) is 0 Å². The maximum atomic E-state index is 12.6. The number of Topliss-reactive ketones (excluding diaryl/α,β-unsaturated/α-hetero) is 1. The number of fused-ring (bicyclic) bond motifs is 3. The lowest BCUT2D eigenvalue weighted by Gasteiger charge is -2.15. The lowest BCUT2D eigenvalue weighted by atomic mass is 9.85. The van der Waals surface area contributed by atoms with Crippen molar-refractivity contribution in [3.05, 3.63) is 84.2 Å². The molecule has 2 aliphatic rings. The molecule has 0 radical (unpaired) electrons. The van der Waals surface area contributed by atoms with E-state index in [9.17, 15) is 25.0 Å². The van der Waals surface area contributed by atoms with Crippen LogP contribution in [0.15, 0.2) is 52.9 Å². The molecule has 2 aliphatic carbocycles. The molecule has 0 saturated carbocycles. The number of hydrogen-bond acceptors (Lipinski definition) is 7. The molecule has 1 aromatic carbocycles. The van der Waals surface area contributed by atoms with E-state index in [1.54, 1.807) is 18.2 Å². The van der Waals surface area contributed by atoms with Crippen LogP contribution in [0.4, 0.5) is 0 Å². The molecule has 0 bridgehead atoms. The normalized spacial score (nSPS) is 17.8. The van der Waals surface area contributed by atoms with Gasteiger partial charge >= 0.3 is 11.4 Å². The predicted molar refractivity (Wildman–Crippen MR) is 81.5 cm³/mol. The summed E-state index contributed by atoms with van der Waals surface area (Å²) >= 11 is 0. The van der Waals surface area contributed by atoms with Gasteiger partial charge in [-0.2, -0.15) is 10.5 Å². The Hall–Kier alpha value is -4.11. The quantitative estimate of drug-likeness (QED) is 0.455. The molecule has 120 valence electrons. The number of nitro groups is 2. The van der Waals surface area contributed by atoms with E-state index in [-0.39, 0.29) is 11.1 Å². The Kier molecular flexibility index (Phi) is 3.48. The van der Waals surface area contributed by atoms with E-state index in [1.165, 1.54) is 18.2 Å². The van der Waals surface area contributed by atoms with Crippen molar-refractivity contribution in [2.45, 2.75) is 0 Å². The largest absolute Gasteiger partial charge is 0.351 e. The molecule has 0 amide bonds. The molecule has 1 aromatic rings. The molecule has 0 saturated heterocycles. The summed E-state index contributed by atoms with van der Waals surface area (Å²) in [6.07, 6.45) is 1.15. The smallest absolute Gasteiger partial charge is 0.293 e. The summed E-state index contributed by atoms with van der Waals surface area (Å²) < 4.78 is 0. The molecule has 3 rings (SSSR count). The highest BCUT2D eigenvalue weighted by Gasteiger charge is 2.52. The Morgan fingerprint density at radius 1 is 1.04 bits per heavy atom. The van der Waals surface area contributed by atoms with Crippen molar-refractivity contribution in [2.24, 2.45) is 5.92 Å². The molecule has 25 heavy (non-hydrogen) atoms. The summed E-state index contributed by atoms with van der Waals surface area (Å²) in [5.41, 5.74) is -2.24. The van der Waals surface area contributed by atoms with E-state index >= 15 is 0 Å². The molecule has 0 heterocycles. The van der Waals surface area contributed by atoms with Gasteiger partial charge in [-0.25, -0.2) is 0 Å². The third-order valence-electron chi connectivity index (χ3n) is 4.02. The van der Waals surface area contributed by atoms with Gasteiger partial charge in [0.05, 0.1) is 15.4 Å². The fraction of sp³-hybridized carbons (Fsp3) is 0.0625. The summed E-state index contributed by atoms with van der Waals surface area (Å²) in [5.74, 6) is -2.06. The zero-order chi connectivity index (χ0) is 18.3. The highest BCUT2D eigenvalue weighted by atomic mass is 16.6.